The highest BCUT2D eigenvalue weighted by Gasteiger charge is 2.43. The van der Waals surface area contributed by atoms with E-state index in [0.29, 0.717) is 13.0 Å². The SMILES string of the molecule is C=CCC(NC(=O)OCC1c2ccccc2-c2ccccc21)C(=O)N1CCC(C)(C(=O)O)C1. The van der Waals surface area contributed by atoms with Gasteiger partial charge >= 0.3 is 12.1 Å². The molecule has 1 fully saturated rings. The van der Waals surface area contributed by atoms with Gasteiger partial charge in [0.15, 0.2) is 0 Å². The summed E-state index contributed by atoms with van der Waals surface area (Å²) < 4.78 is 5.56. The fraction of sp³-hybridized carbons (Fsp3) is 0.346. The van der Waals surface area contributed by atoms with Crippen LogP contribution < -0.4 is 5.32 Å². The highest BCUT2D eigenvalue weighted by atomic mass is 16.5. The number of carboxylic acid groups (broad SMARTS) is 1. The molecule has 2 atom stereocenters. The van der Waals surface area contributed by atoms with E-state index in [0.717, 1.165) is 22.3 Å². The summed E-state index contributed by atoms with van der Waals surface area (Å²) in [5.41, 5.74) is 3.51. The van der Waals surface area contributed by atoms with E-state index in [9.17, 15) is 19.5 Å². The summed E-state index contributed by atoms with van der Waals surface area (Å²) in [5, 5.41) is 12.1. The number of nitrogens with one attached hydrogen (secondary N) is 1. The number of carbonyl (C=O) groups excluding carboxylic acids is 2. The fourth-order valence-corrected chi connectivity index (χ4v) is 4.71. The maximum absolute atomic E-state index is 13.0. The molecule has 0 aromatic heterocycles. The van der Waals surface area contributed by atoms with Gasteiger partial charge < -0.3 is 20.1 Å². The number of aliphatic carboxylic acids is 1. The third kappa shape index (κ3) is 4.35. The third-order valence-electron chi connectivity index (χ3n) is 6.64. The summed E-state index contributed by atoms with van der Waals surface area (Å²) >= 11 is 0. The summed E-state index contributed by atoms with van der Waals surface area (Å²) in [6.45, 7) is 5.90. The van der Waals surface area contributed by atoms with E-state index < -0.39 is 23.5 Å². The Balaban J connectivity index is 1.41. The number of amides is 2. The smallest absolute Gasteiger partial charge is 0.407 e. The van der Waals surface area contributed by atoms with Gasteiger partial charge in [0.05, 0.1) is 5.41 Å². The van der Waals surface area contributed by atoms with E-state index in [1.54, 1.807) is 13.0 Å². The lowest BCUT2D eigenvalue weighted by molar-refractivity contribution is -0.147. The van der Waals surface area contributed by atoms with Crippen LogP contribution >= 0.6 is 0 Å². The van der Waals surface area contributed by atoms with Gasteiger partial charge in [-0.2, -0.15) is 0 Å². The first-order valence-electron chi connectivity index (χ1n) is 11.1. The van der Waals surface area contributed by atoms with Crippen molar-refractivity contribution in [2.75, 3.05) is 19.7 Å². The molecule has 1 aliphatic heterocycles. The van der Waals surface area contributed by atoms with Gasteiger partial charge in [0.1, 0.15) is 12.6 Å². The van der Waals surface area contributed by atoms with Gasteiger partial charge in [0.25, 0.3) is 0 Å². The van der Waals surface area contributed by atoms with Gasteiger partial charge in [-0.15, -0.1) is 6.58 Å². The fourth-order valence-electron chi connectivity index (χ4n) is 4.71. The molecule has 1 aliphatic carbocycles. The molecule has 33 heavy (non-hydrogen) atoms. The van der Waals surface area contributed by atoms with Crippen molar-refractivity contribution >= 4 is 18.0 Å². The number of rotatable bonds is 7. The maximum Gasteiger partial charge on any atom is 0.407 e. The van der Waals surface area contributed by atoms with E-state index in [1.165, 1.54) is 4.90 Å². The van der Waals surface area contributed by atoms with Crippen LogP contribution in [0, 0.1) is 5.41 Å². The maximum atomic E-state index is 13.0. The Hall–Kier alpha value is -3.61. The van der Waals surface area contributed by atoms with E-state index in [1.807, 2.05) is 36.4 Å². The molecule has 0 spiro atoms. The van der Waals surface area contributed by atoms with Crippen LogP contribution in [0.5, 0.6) is 0 Å². The minimum Gasteiger partial charge on any atom is -0.481 e. The molecule has 1 heterocycles. The Bertz CT molecular complexity index is 1050. The van der Waals surface area contributed by atoms with Crippen LogP contribution in [0.25, 0.3) is 11.1 Å². The Morgan fingerprint density at radius 2 is 1.79 bits per heavy atom. The zero-order valence-corrected chi connectivity index (χ0v) is 18.6. The number of benzene rings is 2. The van der Waals surface area contributed by atoms with E-state index in [4.69, 9.17) is 4.74 Å². The average Bonchev–Trinajstić information content (AvgIpc) is 3.36. The predicted molar refractivity (Wildman–Crippen MR) is 124 cm³/mol. The zero-order chi connectivity index (χ0) is 23.6. The molecular formula is C26H28N2O5. The van der Waals surface area contributed by atoms with Gasteiger partial charge in [-0.05, 0) is 42.0 Å². The van der Waals surface area contributed by atoms with Crippen molar-refractivity contribution in [2.24, 2.45) is 5.41 Å². The monoisotopic (exact) mass is 448 g/mol. The molecule has 2 unspecified atom stereocenters. The molecule has 7 nitrogen and oxygen atoms in total. The van der Waals surface area contributed by atoms with Crippen molar-refractivity contribution in [1.29, 1.82) is 0 Å². The molecule has 2 amide bonds. The Kier molecular flexibility index (Phi) is 6.22. The second-order valence-corrected chi connectivity index (χ2v) is 8.92. The van der Waals surface area contributed by atoms with E-state index in [2.05, 4.69) is 24.0 Å². The van der Waals surface area contributed by atoms with Crippen molar-refractivity contribution in [2.45, 2.75) is 31.7 Å². The normalized spacial score (nSPS) is 20.0. The molecule has 0 radical (unpaired) electrons. The lowest BCUT2D eigenvalue weighted by Gasteiger charge is -2.25. The number of alkyl carbamates (subject to hydrolysis) is 1. The summed E-state index contributed by atoms with van der Waals surface area (Å²) in [7, 11) is 0. The quantitative estimate of drug-likeness (QED) is 0.629. The van der Waals surface area contributed by atoms with Crippen molar-refractivity contribution < 1.29 is 24.2 Å². The van der Waals surface area contributed by atoms with Gasteiger partial charge in [0.2, 0.25) is 5.91 Å². The Morgan fingerprint density at radius 1 is 1.18 bits per heavy atom. The molecule has 1 saturated heterocycles. The van der Waals surface area contributed by atoms with Crippen LogP contribution in [0.3, 0.4) is 0 Å². The molecule has 172 valence electrons. The van der Waals surface area contributed by atoms with Crippen LogP contribution in [0.2, 0.25) is 0 Å². The van der Waals surface area contributed by atoms with Crippen molar-refractivity contribution in [3.05, 3.63) is 72.3 Å². The predicted octanol–water partition coefficient (Wildman–Crippen LogP) is 3.79. The van der Waals surface area contributed by atoms with Crippen LogP contribution in [0.4, 0.5) is 4.79 Å². The second kappa shape index (κ2) is 9.10. The summed E-state index contributed by atoms with van der Waals surface area (Å²) in [5.74, 6) is -1.33. The van der Waals surface area contributed by atoms with E-state index in [-0.39, 0.29) is 31.4 Å². The number of ether oxygens (including phenoxy) is 1. The second-order valence-electron chi connectivity index (χ2n) is 8.92. The third-order valence-corrected chi connectivity index (χ3v) is 6.64. The minimum absolute atomic E-state index is 0.0773. The molecular weight excluding hydrogens is 420 g/mol. The highest BCUT2D eigenvalue weighted by Crippen LogP contribution is 2.44. The average molecular weight is 449 g/mol. The number of fused-ring (bicyclic) bond motifs is 3. The number of carbonyl (C=O) groups is 3. The first kappa shape index (κ1) is 22.6. The van der Waals surface area contributed by atoms with Crippen LogP contribution in [0.1, 0.15) is 36.8 Å². The van der Waals surface area contributed by atoms with Crippen LogP contribution in [-0.4, -0.2) is 53.7 Å². The minimum atomic E-state index is -0.974. The Labute approximate surface area is 193 Å². The largest absolute Gasteiger partial charge is 0.481 e. The van der Waals surface area contributed by atoms with Crippen LogP contribution in [-0.2, 0) is 14.3 Å². The molecule has 0 bridgehead atoms. The van der Waals surface area contributed by atoms with Gasteiger partial charge in [0, 0.05) is 19.0 Å². The molecule has 2 aliphatic rings. The number of carboxylic acids is 1. The van der Waals surface area contributed by atoms with Crippen molar-refractivity contribution in [3.8, 4) is 11.1 Å². The lowest BCUT2D eigenvalue weighted by Crippen LogP contribution is -2.48. The molecule has 2 aromatic carbocycles. The lowest BCUT2D eigenvalue weighted by atomic mass is 9.90. The van der Waals surface area contributed by atoms with Crippen molar-refractivity contribution in [1.82, 2.24) is 10.2 Å². The molecule has 4 rings (SSSR count). The number of nitrogens with zero attached hydrogens (tertiary/aromatic N) is 1. The topological polar surface area (TPSA) is 95.9 Å². The molecule has 0 saturated carbocycles. The van der Waals surface area contributed by atoms with Crippen molar-refractivity contribution in [3.63, 3.8) is 0 Å². The standard InChI is InChI=1S/C26H28N2O5/c1-3-8-22(23(29)28-14-13-26(2,16-28)24(30)31)27-25(32)33-15-21-19-11-6-4-9-17(19)18-10-5-7-12-20(18)21/h3-7,9-12,21-22H,1,8,13-16H2,2H3,(H,27,32)(H,30,31). The van der Waals surface area contributed by atoms with Gasteiger partial charge in [-0.1, -0.05) is 54.6 Å². The first-order valence-corrected chi connectivity index (χ1v) is 11.1. The molecule has 7 heteroatoms. The zero-order valence-electron chi connectivity index (χ0n) is 18.6. The number of likely N-dealkylation sites (tertiary alicyclic amines) is 1. The number of hydrogen-bond acceptors (Lipinski definition) is 4. The van der Waals surface area contributed by atoms with Gasteiger partial charge in [-0.25, -0.2) is 4.79 Å². The summed E-state index contributed by atoms with van der Waals surface area (Å²) in [4.78, 5) is 38.6. The Morgan fingerprint density at radius 3 is 2.33 bits per heavy atom. The highest BCUT2D eigenvalue weighted by molar-refractivity contribution is 5.87. The number of hydrogen-bond donors (Lipinski definition) is 2. The molecule has 2 N–H and O–H groups in total. The van der Waals surface area contributed by atoms with Gasteiger partial charge in [-0.3, -0.25) is 9.59 Å². The first-order chi connectivity index (χ1) is 15.8. The molecule has 2 aromatic rings. The van der Waals surface area contributed by atoms with E-state index >= 15 is 0 Å². The van der Waals surface area contributed by atoms with Crippen LogP contribution in [0.15, 0.2) is 61.2 Å². The summed E-state index contributed by atoms with van der Waals surface area (Å²) in [6.07, 6.45) is 1.47. The summed E-state index contributed by atoms with van der Waals surface area (Å²) in [6, 6.07) is 15.3.